The van der Waals surface area contributed by atoms with Gasteiger partial charge in [-0.1, -0.05) is 59.6 Å². The van der Waals surface area contributed by atoms with E-state index in [-0.39, 0.29) is 0 Å². The number of ether oxygens (including phenoxy) is 1. The molecule has 3 aromatic heterocycles. The Morgan fingerprint density at radius 1 is 0.947 bits per heavy atom. The van der Waals surface area contributed by atoms with Gasteiger partial charge in [0.1, 0.15) is 0 Å². The van der Waals surface area contributed by atoms with E-state index in [0.29, 0.717) is 39.0 Å². The number of rotatable bonds is 6. The number of halogens is 2. The highest BCUT2D eigenvalue weighted by molar-refractivity contribution is 7.19. The predicted molar refractivity (Wildman–Crippen MR) is 157 cm³/mol. The van der Waals surface area contributed by atoms with Crippen molar-refractivity contribution in [2.24, 2.45) is 7.05 Å². The van der Waals surface area contributed by atoms with E-state index in [9.17, 15) is 5.11 Å². The number of hydrogen-bond donors (Lipinski definition) is 1. The van der Waals surface area contributed by atoms with Crippen LogP contribution in [0.5, 0.6) is 5.88 Å². The zero-order valence-corrected chi connectivity index (χ0v) is 23.1. The van der Waals surface area contributed by atoms with Gasteiger partial charge in [0.25, 0.3) is 0 Å². The summed E-state index contributed by atoms with van der Waals surface area (Å²) in [5.74, 6) is 0.503. The summed E-state index contributed by atoms with van der Waals surface area (Å²) in [6, 6.07) is 27.3. The Bertz CT molecular complexity index is 1760. The molecule has 0 aliphatic rings. The van der Waals surface area contributed by atoms with Crippen LogP contribution < -0.4 is 4.74 Å². The number of aliphatic hydroxyl groups is 1. The van der Waals surface area contributed by atoms with Crippen LogP contribution in [0.4, 0.5) is 0 Å². The molecule has 0 bridgehead atoms. The molecule has 4 nitrogen and oxygen atoms in total. The van der Waals surface area contributed by atoms with Gasteiger partial charge < -0.3 is 14.4 Å². The SMILES string of the molecule is COc1nc2ccc(C(O)(c3ccc(Cl)cc3)c3cccn3C)cc2c(Cl)c1Cc1cc2ccccc2s1. The second-order valence-electron chi connectivity index (χ2n) is 9.29. The van der Waals surface area contributed by atoms with Crippen molar-refractivity contribution in [1.29, 1.82) is 0 Å². The van der Waals surface area contributed by atoms with Crippen LogP contribution in [0.3, 0.4) is 0 Å². The monoisotopic (exact) mass is 558 g/mol. The van der Waals surface area contributed by atoms with Crippen molar-refractivity contribution in [2.75, 3.05) is 7.11 Å². The van der Waals surface area contributed by atoms with Crippen LogP contribution in [0.1, 0.15) is 27.3 Å². The standard InChI is InChI=1S/C31H24Cl2N2O2S/c1-35-15-5-8-28(35)31(36,20-9-12-22(32)13-10-20)21-11-14-26-24(17-21)29(33)25(30(34-26)37-2)18-23-16-19-6-3-4-7-27(19)38-23/h3-17,36H,18H2,1-2H3. The molecule has 0 radical (unpaired) electrons. The minimum atomic E-state index is -1.44. The highest BCUT2D eigenvalue weighted by atomic mass is 35.5. The minimum absolute atomic E-state index is 0.503. The second kappa shape index (κ2) is 9.75. The van der Waals surface area contributed by atoms with Gasteiger partial charge in [0.05, 0.1) is 23.3 Å². The van der Waals surface area contributed by atoms with Gasteiger partial charge >= 0.3 is 0 Å². The van der Waals surface area contributed by atoms with Crippen molar-refractivity contribution in [1.82, 2.24) is 9.55 Å². The largest absolute Gasteiger partial charge is 0.481 e. The van der Waals surface area contributed by atoms with Gasteiger partial charge in [-0.25, -0.2) is 4.98 Å². The molecule has 0 fully saturated rings. The van der Waals surface area contributed by atoms with Crippen LogP contribution in [0.25, 0.3) is 21.0 Å². The number of aryl methyl sites for hydroxylation is 1. The lowest BCUT2D eigenvalue weighted by molar-refractivity contribution is 0.117. The van der Waals surface area contributed by atoms with Crippen molar-refractivity contribution in [2.45, 2.75) is 12.0 Å². The van der Waals surface area contributed by atoms with E-state index in [1.165, 1.54) is 15.0 Å². The molecule has 7 heteroatoms. The highest BCUT2D eigenvalue weighted by Gasteiger charge is 2.36. The molecule has 3 aromatic carbocycles. The van der Waals surface area contributed by atoms with Crippen molar-refractivity contribution in [3.05, 3.63) is 128 Å². The number of fused-ring (bicyclic) bond motifs is 2. The van der Waals surface area contributed by atoms with Crippen LogP contribution in [-0.2, 0) is 19.1 Å². The Balaban J connectivity index is 1.53. The van der Waals surface area contributed by atoms with E-state index < -0.39 is 5.60 Å². The number of pyridine rings is 1. The maximum absolute atomic E-state index is 12.4. The average Bonchev–Trinajstić information content (AvgIpc) is 3.55. The molecule has 1 atom stereocenters. The number of thiophene rings is 1. The van der Waals surface area contributed by atoms with E-state index in [0.717, 1.165) is 16.6 Å². The predicted octanol–water partition coefficient (Wildman–Crippen LogP) is 7.98. The lowest BCUT2D eigenvalue weighted by Crippen LogP contribution is -2.31. The molecule has 0 aliphatic heterocycles. The normalized spacial score (nSPS) is 13.2. The summed E-state index contributed by atoms with van der Waals surface area (Å²) in [6.45, 7) is 0. The fourth-order valence-corrected chi connectivity index (χ4v) is 6.58. The molecule has 38 heavy (non-hydrogen) atoms. The second-order valence-corrected chi connectivity index (χ2v) is 11.3. The third-order valence-electron chi connectivity index (χ3n) is 6.99. The molecule has 3 heterocycles. The average molecular weight is 560 g/mol. The van der Waals surface area contributed by atoms with Crippen LogP contribution in [0.15, 0.2) is 91.1 Å². The summed E-state index contributed by atoms with van der Waals surface area (Å²) >= 11 is 15.0. The van der Waals surface area contributed by atoms with Crippen LogP contribution in [0, 0.1) is 0 Å². The molecular formula is C31H24Cl2N2O2S. The zero-order valence-electron chi connectivity index (χ0n) is 20.8. The van der Waals surface area contributed by atoms with Gasteiger partial charge in [0.2, 0.25) is 5.88 Å². The minimum Gasteiger partial charge on any atom is -0.481 e. The summed E-state index contributed by atoms with van der Waals surface area (Å²) in [4.78, 5) is 5.96. The van der Waals surface area contributed by atoms with Crippen LogP contribution in [0.2, 0.25) is 10.0 Å². The van der Waals surface area contributed by atoms with Crippen LogP contribution in [-0.4, -0.2) is 21.8 Å². The molecule has 1 unspecified atom stereocenters. The van der Waals surface area contributed by atoms with Crippen molar-refractivity contribution >= 4 is 55.5 Å². The first-order chi connectivity index (χ1) is 18.4. The third kappa shape index (κ3) is 4.16. The molecule has 6 rings (SSSR count). The number of hydrogen-bond acceptors (Lipinski definition) is 4. The Labute approximate surface area is 234 Å². The summed E-state index contributed by atoms with van der Waals surface area (Å²) in [5.41, 5.74) is 2.18. The van der Waals surface area contributed by atoms with Gasteiger partial charge in [0, 0.05) is 45.2 Å². The van der Waals surface area contributed by atoms with Gasteiger partial charge in [0.15, 0.2) is 5.60 Å². The smallest absolute Gasteiger partial charge is 0.218 e. The van der Waals surface area contributed by atoms with E-state index >= 15 is 0 Å². The number of aromatic nitrogens is 2. The van der Waals surface area contributed by atoms with Crippen molar-refractivity contribution in [3.63, 3.8) is 0 Å². The Kier molecular flexibility index (Phi) is 6.40. The maximum Gasteiger partial charge on any atom is 0.218 e. The zero-order chi connectivity index (χ0) is 26.4. The van der Waals surface area contributed by atoms with Crippen molar-refractivity contribution in [3.8, 4) is 5.88 Å². The first-order valence-electron chi connectivity index (χ1n) is 12.1. The van der Waals surface area contributed by atoms with E-state index in [1.54, 1.807) is 30.6 Å². The molecule has 0 spiro atoms. The molecule has 190 valence electrons. The van der Waals surface area contributed by atoms with Gasteiger partial charge in [-0.3, -0.25) is 0 Å². The number of benzene rings is 3. The molecule has 0 aliphatic carbocycles. The lowest BCUT2D eigenvalue weighted by Gasteiger charge is -2.30. The molecule has 0 saturated carbocycles. The van der Waals surface area contributed by atoms with Gasteiger partial charge in [-0.15, -0.1) is 11.3 Å². The highest BCUT2D eigenvalue weighted by Crippen LogP contribution is 2.41. The molecule has 0 amide bonds. The fourth-order valence-electron chi connectivity index (χ4n) is 5.08. The van der Waals surface area contributed by atoms with E-state index in [1.807, 2.05) is 72.4 Å². The van der Waals surface area contributed by atoms with Crippen molar-refractivity contribution < 1.29 is 9.84 Å². The Morgan fingerprint density at radius 2 is 1.71 bits per heavy atom. The van der Waals surface area contributed by atoms with E-state index in [2.05, 4.69) is 18.2 Å². The van der Waals surface area contributed by atoms with Gasteiger partial charge in [-0.2, -0.15) is 0 Å². The third-order valence-corrected chi connectivity index (χ3v) is 8.79. The summed E-state index contributed by atoms with van der Waals surface area (Å²) in [5, 5.41) is 15.5. The number of methoxy groups -OCH3 is 1. The summed E-state index contributed by atoms with van der Waals surface area (Å²) in [6.07, 6.45) is 2.51. The first kappa shape index (κ1) is 25.0. The Hall–Kier alpha value is -3.35. The lowest BCUT2D eigenvalue weighted by atomic mass is 9.82. The molecule has 6 aromatic rings. The first-order valence-corrected chi connectivity index (χ1v) is 13.7. The fraction of sp³-hybridized carbons (Fsp3) is 0.129. The molecule has 1 N–H and O–H groups in total. The summed E-state index contributed by atoms with van der Waals surface area (Å²) in [7, 11) is 3.53. The number of nitrogens with zero attached hydrogens (tertiary/aromatic N) is 2. The topological polar surface area (TPSA) is 47.3 Å². The molecular weight excluding hydrogens is 535 g/mol. The van der Waals surface area contributed by atoms with Gasteiger partial charge in [-0.05, 0) is 65.0 Å². The summed E-state index contributed by atoms with van der Waals surface area (Å²) < 4.78 is 8.82. The van der Waals surface area contributed by atoms with E-state index in [4.69, 9.17) is 32.9 Å². The quantitative estimate of drug-likeness (QED) is 0.225. The maximum atomic E-state index is 12.4. The molecule has 0 saturated heterocycles. The Morgan fingerprint density at radius 3 is 2.42 bits per heavy atom. The van der Waals surface area contributed by atoms with Crippen LogP contribution >= 0.6 is 34.5 Å².